The van der Waals surface area contributed by atoms with Crippen LogP contribution in [0.1, 0.15) is 37.6 Å². The molecule has 3 aromatic rings. The van der Waals surface area contributed by atoms with Gasteiger partial charge in [-0.05, 0) is 35.4 Å². The molecule has 0 aliphatic heterocycles. The smallest absolute Gasteiger partial charge is 0.257 e. The van der Waals surface area contributed by atoms with Gasteiger partial charge in [0, 0.05) is 18.7 Å². The zero-order valence-electron chi connectivity index (χ0n) is 16.8. The second-order valence-corrected chi connectivity index (χ2v) is 8.79. The van der Waals surface area contributed by atoms with E-state index in [1.54, 1.807) is 17.7 Å². The molecule has 2 N–H and O–H groups in total. The number of aryl methyl sites for hydroxylation is 1. The highest BCUT2D eigenvalue weighted by Crippen LogP contribution is 2.32. The number of carbonyl (C=O) groups excluding carboxylic acids is 1. The standard InChI is InChI=1S/C22H27N3O2S/c1-15-7-8-18(16(12-15)22(2,3)4)27-13-20(26)23-10-9-17-21(25-14-24-17)19-6-5-11-28-19/h5-8,11-12,14H,9-10,13H2,1-4H3,(H,23,26)(H,24,25). The lowest BCUT2D eigenvalue weighted by Gasteiger charge is -2.23. The van der Waals surface area contributed by atoms with E-state index in [2.05, 4.69) is 49.0 Å². The first-order chi connectivity index (χ1) is 13.3. The van der Waals surface area contributed by atoms with Crippen molar-refractivity contribution in [2.45, 2.75) is 39.5 Å². The fourth-order valence-electron chi connectivity index (χ4n) is 3.01. The van der Waals surface area contributed by atoms with Crippen molar-refractivity contribution in [2.75, 3.05) is 13.2 Å². The molecule has 0 spiro atoms. The van der Waals surface area contributed by atoms with Gasteiger partial charge in [-0.2, -0.15) is 0 Å². The second-order valence-electron chi connectivity index (χ2n) is 7.85. The maximum atomic E-state index is 12.2. The van der Waals surface area contributed by atoms with Crippen molar-refractivity contribution in [3.63, 3.8) is 0 Å². The van der Waals surface area contributed by atoms with Gasteiger partial charge in [-0.25, -0.2) is 4.98 Å². The Morgan fingerprint density at radius 2 is 2.11 bits per heavy atom. The summed E-state index contributed by atoms with van der Waals surface area (Å²) in [6.07, 6.45) is 2.39. The van der Waals surface area contributed by atoms with Crippen molar-refractivity contribution < 1.29 is 9.53 Å². The van der Waals surface area contributed by atoms with E-state index in [4.69, 9.17) is 4.74 Å². The van der Waals surface area contributed by atoms with Crippen molar-refractivity contribution in [1.29, 1.82) is 0 Å². The first kappa shape index (κ1) is 20.1. The molecule has 0 saturated heterocycles. The van der Waals surface area contributed by atoms with Crippen molar-refractivity contribution >= 4 is 17.2 Å². The highest BCUT2D eigenvalue weighted by molar-refractivity contribution is 7.13. The average Bonchev–Trinajstić information content (AvgIpc) is 3.31. The van der Waals surface area contributed by atoms with Gasteiger partial charge in [0.15, 0.2) is 6.61 Å². The number of nitrogens with one attached hydrogen (secondary N) is 2. The maximum Gasteiger partial charge on any atom is 0.257 e. The molecule has 1 aromatic carbocycles. The van der Waals surface area contributed by atoms with E-state index in [-0.39, 0.29) is 17.9 Å². The Balaban J connectivity index is 1.52. The molecule has 1 amide bonds. The van der Waals surface area contributed by atoms with Gasteiger partial charge in [-0.15, -0.1) is 11.3 Å². The summed E-state index contributed by atoms with van der Waals surface area (Å²) in [4.78, 5) is 20.9. The number of H-pyrrole nitrogens is 1. The predicted octanol–water partition coefficient (Wildman–Crippen LogP) is 4.48. The third kappa shape index (κ3) is 5.01. The molecule has 0 fully saturated rings. The summed E-state index contributed by atoms with van der Waals surface area (Å²) in [7, 11) is 0. The molecule has 5 nitrogen and oxygen atoms in total. The molecule has 3 rings (SSSR count). The van der Waals surface area contributed by atoms with Gasteiger partial charge in [0.2, 0.25) is 0 Å². The lowest BCUT2D eigenvalue weighted by molar-refractivity contribution is -0.123. The first-order valence-corrected chi connectivity index (χ1v) is 10.3. The summed E-state index contributed by atoms with van der Waals surface area (Å²) in [6, 6.07) is 10.1. The van der Waals surface area contributed by atoms with Gasteiger partial charge >= 0.3 is 0 Å². The van der Waals surface area contributed by atoms with Crippen molar-refractivity contribution in [3.8, 4) is 16.3 Å². The summed E-state index contributed by atoms with van der Waals surface area (Å²) >= 11 is 1.65. The van der Waals surface area contributed by atoms with Crippen LogP contribution in [0.4, 0.5) is 0 Å². The fraction of sp³-hybridized carbons (Fsp3) is 0.364. The van der Waals surface area contributed by atoms with Gasteiger partial charge in [-0.1, -0.05) is 44.5 Å². The van der Waals surface area contributed by atoms with Crippen LogP contribution in [0.25, 0.3) is 10.6 Å². The lowest BCUT2D eigenvalue weighted by atomic mass is 9.85. The number of hydrogen-bond acceptors (Lipinski definition) is 4. The highest BCUT2D eigenvalue weighted by atomic mass is 32.1. The van der Waals surface area contributed by atoms with E-state index in [1.807, 2.05) is 29.6 Å². The molecule has 0 unspecified atom stereocenters. The quantitative estimate of drug-likeness (QED) is 0.618. The number of hydrogen-bond donors (Lipinski definition) is 2. The van der Waals surface area contributed by atoms with E-state index in [9.17, 15) is 4.79 Å². The largest absolute Gasteiger partial charge is 0.483 e. The normalized spacial score (nSPS) is 11.4. The van der Waals surface area contributed by atoms with Gasteiger partial charge in [-0.3, -0.25) is 4.79 Å². The molecule has 0 radical (unpaired) electrons. The second kappa shape index (κ2) is 8.61. The summed E-state index contributed by atoms with van der Waals surface area (Å²) < 4.78 is 5.82. The molecule has 148 valence electrons. The van der Waals surface area contributed by atoms with Crippen LogP contribution < -0.4 is 10.1 Å². The molecule has 0 bridgehead atoms. The molecule has 2 aromatic heterocycles. The Morgan fingerprint density at radius 3 is 2.82 bits per heavy atom. The van der Waals surface area contributed by atoms with E-state index in [0.29, 0.717) is 13.0 Å². The molecule has 6 heteroatoms. The first-order valence-electron chi connectivity index (χ1n) is 9.41. The number of imidazole rings is 1. The molecule has 0 saturated carbocycles. The maximum absolute atomic E-state index is 12.2. The summed E-state index contributed by atoms with van der Waals surface area (Å²) in [5.74, 6) is 0.638. The molecule has 0 aliphatic carbocycles. The van der Waals surface area contributed by atoms with Crippen LogP contribution >= 0.6 is 11.3 Å². The monoisotopic (exact) mass is 397 g/mol. The Hall–Kier alpha value is -2.60. The van der Waals surface area contributed by atoms with Crippen molar-refractivity contribution in [2.24, 2.45) is 0 Å². The predicted molar refractivity (Wildman–Crippen MR) is 114 cm³/mol. The minimum Gasteiger partial charge on any atom is -0.483 e. The topological polar surface area (TPSA) is 67.0 Å². The number of nitrogens with zero attached hydrogens (tertiary/aromatic N) is 1. The van der Waals surface area contributed by atoms with Gasteiger partial charge in [0.1, 0.15) is 11.4 Å². The Morgan fingerprint density at radius 1 is 1.29 bits per heavy atom. The Kier molecular flexibility index (Phi) is 6.19. The number of carbonyl (C=O) groups is 1. The minimum atomic E-state index is -0.127. The Bertz CT molecular complexity index is 924. The van der Waals surface area contributed by atoms with E-state index >= 15 is 0 Å². The van der Waals surface area contributed by atoms with E-state index in [1.165, 1.54) is 5.56 Å². The van der Waals surface area contributed by atoms with Crippen LogP contribution in [-0.2, 0) is 16.6 Å². The Labute approximate surface area is 170 Å². The summed E-state index contributed by atoms with van der Waals surface area (Å²) in [5.41, 5.74) is 4.23. The average molecular weight is 398 g/mol. The van der Waals surface area contributed by atoms with Gasteiger partial charge in [0.05, 0.1) is 11.2 Å². The van der Waals surface area contributed by atoms with Gasteiger partial charge in [0.25, 0.3) is 5.91 Å². The molecule has 0 atom stereocenters. The van der Waals surface area contributed by atoms with Gasteiger partial charge < -0.3 is 15.0 Å². The fourth-order valence-corrected chi connectivity index (χ4v) is 3.76. The zero-order chi connectivity index (χ0) is 20.1. The number of benzene rings is 1. The number of ether oxygens (including phenoxy) is 1. The lowest BCUT2D eigenvalue weighted by Crippen LogP contribution is -2.31. The number of thiophene rings is 1. The number of amides is 1. The van der Waals surface area contributed by atoms with E-state index < -0.39 is 0 Å². The molecule has 28 heavy (non-hydrogen) atoms. The van der Waals surface area contributed by atoms with Crippen LogP contribution in [-0.4, -0.2) is 29.0 Å². The minimum absolute atomic E-state index is 0.00684. The van der Waals surface area contributed by atoms with Crippen LogP contribution in [0.15, 0.2) is 42.0 Å². The third-order valence-corrected chi connectivity index (χ3v) is 5.35. The van der Waals surface area contributed by atoms with Crippen LogP contribution in [0, 0.1) is 6.92 Å². The SMILES string of the molecule is Cc1ccc(OCC(=O)NCCc2[nH]cnc2-c2cccs2)c(C(C)(C)C)c1. The van der Waals surface area contributed by atoms with Crippen LogP contribution in [0.2, 0.25) is 0 Å². The number of aromatic amines is 1. The highest BCUT2D eigenvalue weighted by Gasteiger charge is 2.19. The van der Waals surface area contributed by atoms with E-state index in [0.717, 1.165) is 27.6 Å². The summed E-state index contributed by atoms with van der Waals surface area (Å²) in [5, 5.41) is 4.96. The van der Waals surface area contributed by atoms with Crippen LogP contribution in [0.3, 0.4) is 0 Å². The third-order valence-electron chi connectivity index (χ3n) is 4.47. The molecule has 2 heterocycles. The molecular formula is C22H27N3O2S. The van der Waals surface area contributed by atoms with Crippen molar-refractivity contribution in [3.05, 3.63) is 58.9 Å². The molecular weight excluding hydrogens is 370 g/mol. The van der Waals surface area contributed by atoms with Crippen LogP contribution in [0.5, 0.6) is 5.75 Å². The number of rotatable bonds is 7. The summed E-state index contributed by atoms with van der Waals surface area (Å²) in [6.45, 7) is 9.03. The zero-order valence-corrected chi connectivity index (χ0v) is 17.7. The molecule has 0 aliphatic rings. The number of aromatic nitrogens is 2. The van der Waals surface area contributed by atoms with Crippen molar-refractivity contribution in [1.82, 2.24) is 15.3 Å².